The van der Waals surface area contributed by atoms with E-state index in [1.807, 2.05) is 30.3 Å². The molecule has 0 aliphatic carbocycles. The van der Waals surface area contributed by atoms with Crippen molar-refractivity contribution in [2.45, 2.75) is 19.5 Å². The average Bonchev–Trinajstić information content (AvgIpc) is 2.78. The number of hydrogen-bond acceptors (Lipinski definition) is 5. The molecule has 0 saturated carbocycles. The van der Waals surface area contributed by atoms with Gasteiger partial charge < -0.3 is 18.9 Å². The normalized spacial score (nSPS) is 17.6. The second kappa shape index (κ2) is 5.95. The van der Waals surface area contributed by atoms with Crippen LogP contribution in [0.1, 0.15) is 12.5 Å². The van der Waals surface area contributed by atoms with E-state index in [0.29, 0.717) is 19.8 Å². The van der Waals surface area contributed by atoms with Gasteiger partial charge in [0.25, 0.3) is 0 Å². The van der Waals surface area contributed by atoms with Gasteiger partial charge in [0.2, 0.25) is 0 Å². The molecular formula is C13H16O5. The maximum Gasteiger partial charge on any atom is 0.354 e. The Hall–Kier alpha value is -1.43. The fourth-order valence-corrected chi connectivity index (χ4v) is 1.69. The van der Waals surface area contributed by atoms with Crippen LogP contribution in [-0.4, -0.2) is 31.8 Å². The lowest BCUT2D eigenvalue weighted by molar-refractivity contribution is -0.331. The van der Waals surface area contributed by atoms with E-state index < -0.39 is 11.9 Å². The molecule has 5 nitrogen and oxygen atoms in total. The van der Waals surface area contributed by atoms with E-state index in [-0.39, 0.29) is 6.61 Å². The van der Waals surface area contributed by atoms with Crippen LogP contribution in [-0.2, 0) is 30.3 Å². The summed E-state index contributed by atoms with van der Waals surface area (Å²) in [4.78, 5) is 11.0. The maximum absolute atomic E-state index is 11.0. The number of rotatable bonds is 5. The molecule has 0 spiro atoms. The molecule has 1 saturated heterocycles. The highest BCUT2D eigenvalue weighted by atomic mass is 16.9. The van der Waals surface area contributed by atoms with Crippen molar-refractivity contribution in [3.05, 3.63) is 35.9 Å². The third-order valence-electron chi connectivity index (χ3n) is 2.42. The number of carbonyl (C=O) groups excluding carboxylic acids is 1. The Bertz CT molecular complexity index is 384. The van der Waals surface area contributed by atoms with Gasteiger partial charge in [-0.1, -0.05) is 30.3 Å². The van der Waals surface area contributed by atoms with Crippen molar-refractivity contribution in [3.63, 3.8) is 0 Å². The summed E-state index contributed by atoms with van der Waals surface area (Å²) >= 11 is 0. The Balaban J connectivity index is 1.85. The molecule has 1 aliphatic heterocycles. The van der Waals surface area contributed by atoms with Crippen molar-refractivity contribution in [1.82, 2.24) is 0 Å². The third kappa shape index (κ3) is 3.53. The minimum absolute atomic E-state index is 0.0570. The minimum atomic E-state index is -1.37. The predicted octanol–water partition coefficient (Wildman–Crippen LogP) is 1.47. The number of hydrogen-bond donors (Lipinski definition) is 0. The van der Waals surface area contributed by atoms with Crippen LogP contribution in [0.25, 0.3) is 0 Å². The zero-order valence-corrected chi connectivity index (χ0v) is 10.3. The Morgan fingerprint density at radius 1 is 1.28 bits per heavy atom. The molecule has 1 aromatic carbocycles. The minimum Gasteiger partial charge on any atom is -0.406 e. The van der Waals surface area contributed by atoms with E-state index in [1.165, 1.54) is 6.92 Å². The summed E-state index contributed by atoms with van der Waals surface area (Å²) in [5, 5.41) is 0. The van der Waals surface area contributed by atoms with Crippen LogP contribution in [0.15, 0.2) is 30.3 Å². The molecule has 1 aromatic rings. The summed E-state index contributed by atoms with van der Waals surface area (Å²) in [5.74, 6) is -1.83. The first-order chi connectivity index (χ1) is 8.70. The topological polar surface area (TPSA) is 54.0 Å². The van der Waals surface area contributed by atoms with E-state index in [9.17, 15) is 4.79 Å². The number of esters is 1. The predicted molar refractivity (Wildman–Crippen MR) is 62.5 cm³/mol. The maximum atomic E-state index is 11.0. The average molecular weight is 252 g/mol. The fourth-order valence-electron chi connectivity index (χ4n) is 1.69. The molecule has 18 heavy (non-hydrogen) atoms. The molecular weight excluding hydrogens is 236 g/mol. The Morgan fingerprint density at radius 2 is 1.94 bits per heavy atom. The molecule has 2 rings (SSSR count). The quantitative estimate of drug-likeness (QED) is 0.743. The molecule has 0 radical (unpaired) electrons. The highest BCUT2D eigenvalue weighted by Gasteiger charge is 2.41. The number of carbonyl (C=O) groups is 1. The second-order valence-electron chi connectivity index (χ2n) is 3.95. The molecule has 0 aromatic heterocycles. The molecule has 0 atom stereocenters. The molecule has 0 bridgehead atoms. The van der Waals surface area contributed by atoms with Crippen LogP contribution in [0, 0.1) is 0 Å². The molecule has 5 heteroatoms. The molecule has 0 unspecified atom stereocenters. The summed E-state index contributed by atoms with van der Waals surface area (Å²) in [6, 6.07) is 9.71. The van der Waals surface area contributed by atoms with Crippen LogP contribution < -0.4 is 0 Å². The van der Waals surface area contributed by atoms with Gasteiger partial charge >= 0.3 is 11.9 Å². The van der Waals surface area contributed by atoms with Crippen molar-refractivity contribution in [2.75, 3.05) is 19.8 Å². The lowest BCUT2D eigenvalue weighted by Gasteiger charge is -2.25. The summed E-state index contributed by atoms with van der Waals surface area (Å²) in [5.41, 5.74) is 1.04. The van der Waals surface area contributed by atoms with Gasteiger partial charge in [0, 0.05) is 6.92 Å². The van der Waals surface area contributed by atoms with Crippen LogP contribution >= 0.6 is 0 Å². The van der Waals surface area contributed by atoms with E-state index >= 15 is 0 Å². The Kier molecular flexibility index (Phi) is 4.30. The molecule has 1 aliphatic rings. The smallest absolute Gasteiger partial charge is 0.354 e. The molecule has 1 fully saturated rings. The summed E-state index contributed by atoms with van der Waals surface area (Å²) < 4.78 is 21.1. The van der Waals surface area contributed by atoms with Gasteiger partial charge in [0.15, 0.2) is 0 Å². The summed E-state index contributed by atoms with van der Waals surface area (Å²) in [6.45, 7) is 2.56. The van der Waals surface area contributed by atoms with Gasteiger partial charge in [-0.15, -0.1) is 0 Å². The largest absolute Gasteiger partial charge is 0.406 e. The second-order valence-corrected chi connectivity index (χ2v) is 3.95. The van der Waals surface area contributed by atoms with Crippen LogP contribution in [0.4, 0.5) is 0 Å². The first-order valence-electron chi connectivity index (χ1n) is 5.79. The van der Waals surface area contributed by atoms with Gasteiger partial charge in [-0.2, -0.15) is 0 Å². The third-order valence-corrected chi connectivity index (χ3v) is 2.42. The van der Waals surface area contributed by atoms with E-state index in [2.05, 4.69) is 0 Å². The molecule has 0 N–H and O–H groups in total. The Morgan fingerprint density at radius 3 is 2.56 bits per heavy atom. The van der Waals surface area contributed by atoms with E-state index in [4.69, 9.17) is 18.9 Å². The van der Waals surface area contributed by atoms with Crippen molar-refractivity contribution in [3.8, 4) is 0 Å². The van der Waals surface area contributed by atoms with Crippen LogP contribution in [0.3, 0.4) is 0 Å². The van der Waals surface area contributed by atoms with Gasteiger partial charge in [0.1, 0.15) is 6.61 Å². The summed E-state index contributed by atoms with van der Waals surface area (Å²) in [7, 11) is 0. The SMILES string of the molecule is CC(=O)OC1(COCc2ccccc2)OCCO1. The first-order valence-corrected chi connectivity index (χ1v) is 5.79. The highest BCUT2D eigenvalue weighted by Crippen LogP contribution is 2.22. The van der Waals surface area contributed by atoms with Crippen LogP contribution in [0.2, 0.25) is 0 Å². The summed E-state index contributed by atoms with van der Waals surface area (Å²) in [6.07, 6.45) is 0. The molecule has 0 amide bonds. The van der Waals surface area contributed by atoms with Crippen molar-refractivity contribution < 1.29 is 23.7 Å². The monoisotopic (exact) mass is 252 g/mol. The Labute approximate surface area is 106 Å². The number of benzene rings is 1. The van der Waals surface area contributed by atoms with Gasteiger partial charge in [-0.25, -0.2) is 0 Å². The standard InChI is InChI=1S/C13H16O5/c1-11(14)18-13(16-7-8-17-13)10-15-9-12-5-3-2-4-6-12/h2-6H,7-10H2,1H3. The zero-order chi connectivity index (χ0) is 12.8. The first kappa shape index (κ1) is 13.0. The van der Waals surface area contributed by atoms with Crippen molar-refractivity contribution in [1.29, 1.82) is 0 Å². The van der Waals surface area contributed by atoms with E-state index in [0.717, 1.165) is 5.56 Å². The van der Waals surface area contributed by atoms with Crippen molar-refractivity contribution in [2.24, 2.45) is 0 Å². The van der Waals surface area contributed by atoms with Crippen molar-refractivity contribution >= 4 is 5.97 Å². The molecule has 98 valence electrons. The lowest BCUT2D eigenvalue weighted by atomic mass is 10.2. The fraction of sp³-hybridized carbons (Fsp3) is 0.462. The lowest BCUT2D eigenvalue weighted by Crippen LogP contribution is -2.40. The van der Waals surface area contributed by atoms with Gasteiger partial charge in [-0.3, -0.25) is 4.79 Å². The number of ether oxygens (including phenoxy) is 4. The van der Waals surface area contributed by atoms with Gasteiger partial charge in [0.05, 0.1) is 19.8 Å². The van der Waals surface area contributed by atoms with Crippen LogP contribution in [0.5, 0.6) is 0 Å². The van der Waals surface area contributed by atoms with E-state index in [1.54, 1.807) is 0 Å². The molecule has 1 heterocycles. The van der Waals surface area contributed by atoms with Gasteiger partial charge in [-0.05, 0) is 5.56 Å². The highest BCUT2D eigenvalue weighted by molar-refractivity contribution is 5.66. The zero-order valence-electron chi connectivity index (χ0n) is 10.3.